The third-order valence-electron chi connectivity index (χ3n) is 4.65. The summed E-state index contributed by atoms with van der Waals surface area (Å²) in [5, 5.41) is 6.54. The van der Waals surface area contributed by atoms with Crippen LogP contribution in [0.5, 0.6) is 0 Å². The monoisotopic (exact) mass is 321 g/mol. The van der Waals surface area contributed by atoms with E-state index in [1.807, 2.05) is 6.92 Å². The maximum Gasteiger partial charge on any atom is 0.314 e. The number of carbonyl (C=O) groups is 2. The van der Waals surface area contributed by atoms with Crippen LogP contribution in [0.3, 0.4) is 0 Å². The minimum Gasteiger partial charge on any atom is -0.359 e. The highest BCUT2D eigenvalue weighted by Gasteiger charge is 2.35. The molecular weight excluding hydrogens is 294 g/mol. The molecular formula is C17H27N3O3. The molecule has 0 saturated carbocycles. The van der Waals surface area contributed by atoms with Crippen LogP contribution in [0.15, 0.2) is 4.52 Å². The van der Waals surface area contributed by atoms with E-state index in [0.29, 0.717) is 36.0 Å². The fraction of sp³-hybridized carbons (Fsp3) is 0.706. The third kappa shape index (κ3) is 3.74. The van der Waals surface area contributed by atoms with Crippen molar-refractivity contribution in [2.45, 2.75) is 65.8 Å². The van der Waals surface area contributed by atoms with Crippen molar-refractivity contribution in [1.29, 1.82) is 0 Å². The molecule has 6 nitrogen and oxygen atoms in total. The highest BCUT2D eigenvalue weighted by Crippen LogP contribution is 2.27. The van der Waals surface area contributed by atoms with Crippen molar-refractivity contribution in [3.05, 3.63) is 11.5 Å². The van der Waals surface area contributed by atoms with Crippen LogP contribution in [-0.4, -0.2) is 34.5 Å². The van der Waals surface area contributed by atoms with Crippen LogP contribution in [0.4, 0.5) is 5.69 Å². The van der Waals surface area contributed by atoms with Gasteiger partial charge in [0, 0.05) is 19.0 Å². The normalized spacial score (nSPS) is 19.0. The van der Waals surface area contributed by atoms with E-state index in [1.165, 1.54) is 0 Å². The Hall–Kier alpha value is -1.85. The van der Waals surface area contributed by atoms with Gasteiger partial charge in [0.15, 0.2) is 5.76 Å². The van der Waals surface area contributed by atoms with Gasteiger partial charge in [-0.15, -0.1) is 0 Å². The lowest BCUT2D eigenvalue weighted by Gasteiger charge is -2.29. The Morgan fingerprint density at radius 3 is 2.83 bits per heavy atom. The van der Waals surface area contributed by atoms with Gasteiger partial charge in [-0.3, -0.25) is 9.59 Å². The summed E-state index contributed by atoms with van der Waals surface area (Å²) in [5.41, 5.74) is 1.13. The lowest BCUT2D eigenvalue weighted by atomic mass is 9.95. The minimum atomic E-state index is -0.596. The molecule has 2 atom stereocenters. The van der Waals surface area contributed by atoms with E-state index in [0.717, 1.165) is 25.7 Å². The number of aryl methyl sites for hydroxylation is 2. The van der Waals surface area contributed by atoms with E-state index in [1.54, 1.807) is 11.8 Å². The van der Waals surface area contributed by atoms with Crippen molar-refractivity contribution in [3.63, 3.8) is 0 Å². The smallest absolute Gasteiger partial charge is 0.314 e. The van der Waals surface area contributed by atoms with Gasteiger partial charge in [-0.2, -0.15) is 0 Å². The highest BCUT2D eigenvalue weighted by atomic mass is 16.5. The minimum absolute atomic E-state index is 0.169. The van der Waals surface area contributed by atoms with Gasteiger partial charge in [0.05, 0.1) is 0 Å². The zero-order valence-corrected chi connectivity index (χ0v) is 14.5. The van der Waals surface area contributed by atoms with Gasteiger partial charge in [-0.05, 0) is 32.1 Å². The fourth-order valence-corrected chi connectivity index (χ4v) is 3.40. The fourth-order valence-electron chi connectivity index (χ4n) is 3.40. The van der Waals surface area contributed by atoms with Gasteiger partial charge >= 0.3 is 11.8 Å². The van der Waals surface area contributed by atoms with E-state index in [-0.39, 0.29) is 6.04 Å². The number of hydrogen-bond donors (Lipinski definition) is 1. The molecule has 2 rings (SSSR count). The second-order valence-corrected chi connectivity index (χ2v) is 6.35. The second kappa shape index (κ2) is 7.62. The molecule has 0 radical (unpaired) electrons. The lowest BCUT2D eigenvalue weighted by Crippen LogP contribution is -2.45. The average molecular weight is 321 g/mol. The zero-order valence-electron chi connectivity index (χ0n) is 14.5. The van der Waals surface area contributed by atoms with Crippen molar-refractivity contribution in [2.24, 2.45) is 5.92 Å². The lowest BCUT2D eigenvalue weighted by molar-refractivity contribution is -0.144. The van der Waals surface area contributed by atoms with E-state index >= 15 is 0 Å². The molecule has 0 aliphatic carbocycles. The summed E-state index contributed by atoms with van der Waals surface area (Å²) in [6.07, 6.45) is 4.72. The van der Waals surface area contributed by atoms with Crippen LogP contribution in [0.2, 0.25) is 0 Å². The molecule has 1 aromatic rings. The molecule has 1 saturated heterocycles. The Balaban J connectivity index is 2.07. The zero-order chi connectivity index (χ0) is 17.0. The summed E-state index contributed by atoms with van der Waals surface area (Å²) < 4.78 is 5.15. The number of hydrogen-bond acceptors (Lipinski definition) is 4. The van der Waals surface area contributed by atoms with Gasteiger partial charge in [0.25, 0.3) is 0 Å². The largest absolute Gasteiger partial charge is 0.359 e. The van der Waals surface area contributed by atoms with Crippen LogP contribution >= 0.6 is 0 Å². The van der Waals surface area contributed by atoms with Crippen molar-refractivity contribution in [2.75, 3.05) is 11.9 Å². The molecule has 1 aliphatic rings. The number of anilines is 1. The molecule has 0 unspecified atom stereocenters. The van der Waals surface area contributed by atoms with Gasteiger partial charge < -0.3 is 14.7 Å². The Labute approximate surface area is 137 Å². The molecule has 1 N–H and O–H groups in total. The molecule has 6 heteroatoms. The van der Waals surface area contributed by atoms with E-state index in [2.05, 4.69) is 24.3 Å². The summed E-state index contributed by atoms with van der Waals surface area (Å²) >= 11 is 0. The first kappa shape index (κ1) is 17.5. The van der Waals surface area contributed by atoms with Crippen LogP contribution in [0.1, 0.15) is 57.9 Å². The van der Waals surface area contributed by atoms with Crippen molar-refractivity contribution >= 4 is 17.5 Å². The first-order valence-electron chi connectivity index (χ1n) is 8.56. The van der Waals surface area contributed by atoms with Gasteiger partial charge in [0.2, 0.25) is 0 Å². The SMILES string of the molecule is CCC[C@@H](C)[C@H]1CCCN1C(=O)C(=O)Nc1c(C)noc1CC. The van der Waals surface area contributed by atoms with Crippen LogP contribution in [-0.2, 0) is 16.0 Å². The molecule has 0 spiro atoms. The van der Waals surface area contributed by atoms with Crippen molar-refractivity contribution in [1.82, 2.24) is 10.1 Å². The number of nitrogens with one attached hydrogen (secondary N) is 1. The molecule has 2 amide bonds. The number of rotatable bonds is 5. The number of nitrogens with zero attached hydrogens (tertiary/aromatic N) is 2. The second-order valence-electron chi connectivity index (χ2n) is 6.35. The molecule has 128 valence electrons. The standard InChI is InChI=1S/C17H27N3O3/c1-5-8-11(3)13-9-7-10-20(13)17(22)16(21)18-15-12(4)19-23-14(15)6-2/h11,13H,5-10H2,1-4H3,(H,18,21)/t11-,13-/m1/s1. The number of likely N-dealkylation sites (tertiary alicyclic amines) is 1. The van der Waals surface area contributed by atoms with E-state index in [4.69, 9.17) is 4.52 Å². The highest BCUT2D eigenvalue weighted by molar-refractivity contribution is 6.39. The summed E-state index contributed by atoms with van der Waals surface area (Å²) in [7, 11) is 0. The summed E-state index contributed by atoms with van der Waals surface area (Å²) in [6.45, 7) is 8.64. The van der Waals surface area contributed by atoms with Gasteiger partial charge in [-0.25, -0.2) is 0 Å². The van der Waals surface area contributed by atoms with Crippen molar-refractivity contribution < 1.29 is 14.1 Å². The number of aromatic nitrogens is 1. The molecule has 23 heavy (non-hydrogen) atoms. The summed E-state index contributed by atoms with van der Waals surface area (Å²) in [6, 6.07) is 0.169. The van der Waals surface area contributed by atoms with Crippen molar-refractivity contribution in [3.8, 4) is 0 Å². The molecule has 0 bridgehead atoms. The average Bonchev–Trinajstić information content (AvgIpc) is 3.14. The van der Waals surface area contributed by atoms with Gasteiger partial charge in [0.1, 0.15) is 11.4 Å². The van der Waals surface area contributed by atoms with E-state index in [9.17, 15) is 9.59 Å². The predicted molar refractivity (Wildman–Crippen MR) is 88.1 cm³/mol. The van der Waals surface area contributed by atoms with E-state index < -0.39 is 11.8 Å². The van der Waals surface area contributed by atoms with Crippen LogP contribution < -0.4 is 5.32 Å². The maximum atomic E-state index is 12.6. The Morgan fingerprint density at radius 1 is 1.43 bits per heavy atom. The van der Waals surface area contributed by atoms with Gasteiger partial charge in [-0.1, -0.05) is 32.3 Å². The van der Waals surface area contributed by atoms with Crippen LogP contribution in [0, 0.1) is 12.8 Å². The molecule has 1 fully saturated rings. The summed E-state index contributed by atoms with van der Waals surface area (Å²) in [5.74, 6) is -0.0246. The quantitative estimate of drug-likeness (QED) is 0.846. The number of carbonyl (C=O) groups excluding carboxylic acids is 2. The first-order valence-corrected chi connectivity index (χ1v) is 8.56. The van der Waals surface area contributed by atoms with Crippen LogP contribution in [0.25, 0.3) is 0 Å². The maximum absolute atomic E-state index is 12.6. The molecule has 2 heterocycles. The topological polar surface area (TPSA) is 75.4 Å². The Bertz CT molecular complexity index is 567. The predicted octanol–water partition coefficient (Wildman–Crippen LogP) is 2.91. The number of amides is 2. The molecule has 1 aliphatic heterocycles. The molecule has 0 aromatic carbocycles. The Kier molecular flexibility index (Phi) is 5.80. The Morgan fingerprint density at radius 2 is 2.17 bits per heavy atom. The third-order valence-corrected chi connectivity index (χ3v) is 4.65. The first-order chi connectivity index (χ1) is 11.0. The molecule has 1 aromatic heterocycles. The summed E-state index contributed by atoms with van der Waals surface area (Å²) in [4.78, 5) is 26.7.